The number of nitrogens with zero attached hydrogens (tertiary/aromatic N) is 1. The maximum Gasteiger partial charge on any atom is 0.243 e. The molecule has 1 aliphatic carbocycles. The number of hydrogen-bond donors (Lipinski definition) is 2. The maximum atomic E-state index is 12.2. The number of nitrogens with one attached hydrogen (secondary N) is 1. The molecule has 0 bridgehead atoms. The Hall–Kier alpha value is -1.49. The molecular formula is C16H24N2O3. The molecule has 1 amide bonds. The Bertz CT molecular complexity index is 508. The fourth-order valence-corrected chi connectivity index (χ4v) is 3.37. The van der Waals surface area contributed by atoms with Crippen LogP contribution in [0.25, 0.3) is 0 Å². The lowest BCUT2D eigenvalue weighted by Gasteiger charge is -2.29. The Labute approximate surface area is 125 Å². The van der Waals surface area contributed by atoms with Gasteiger partial charge in [0.05, 0.1) is 0 Å². The molecule has 2 rings (SSSR count). The van der Waals surface area contributed by atoms with E-state index in [2.05, 4.69) is 11.9 Å². The number of carbonyl (C=O) groups is 2. The molecule has 0 aromatic heterocycles. The minimum absolute atomic E-state index is 0.216. The van der Waals surface area contributed by atoms with Gasteiger partial charge in [0, 0.05) is 35.2 Å². The molecule has 116 valence electrons. The minimum Gasteiger partial charge on any atom is -0.294 e. The summed E-state index contributed by atoms with van der Waals surface area (Å²) in [6.45, 7) is 4.14. The SMILES string of the molecule is CC1=NC2=C(C(=O)CCC2)C1(C)CCCCCC(=O)NO. The van der Waals surface area contributed by atoms with E-state index >= 15 is 0 Å². The van der Waals surface area contributed by atoms with E-state index in [9.17, 15) is 9.59 Å². The highest BCUT2D eigenvalue weighted by atomic mass is 16.5. The maximum absolute atomic E-state index is 12.2. The lowest BCUT2D eigenvalue weighted by Crippen LogP contribution is -2.30. The van der Waals surface area contributed by atoms with Gasteiger partial charge in [0.2, 0.25) is 5.91 Å². The van der Waals surface area contributed by atoms with Crippen molar-refractivity contribution in [3.8, 4) is 0 Å². The molecule has 5 heteroatoms. The Morgan fingerprint density at radius 1 is 1.33 bits per heavy atom. The number of allylic oxidation sites excluding steroid dienone is 2. The van der Waals surface area contributed by atoms with Crippen molar-refractivity contribution in [1.29, 1.82) is 0 Å². The van der Waals surface area contributed by atoms with Crippen molar-refractivity contribution in [3.63, 3.8) is 0 Å². The first kappa shape index (κ1) is 15.9. The van der Waals surface area contributed by atoms with Crippen LogP contribution in [0.2, 0.25) is 0 Å². The van der Waals surface area contributed by atoms with E-state index in [1.165, 1.54) is 0 Å². The third-order valence-electron chi connectivity index (χ3n) is 4.74. The summed E-state index contributed by atoms with van der Waals surface area (Å²) in [6.07, 6.45) is 6.33. The molecule has 1 unspecified atom stereocenters. The van der Waals surface area contributed by atoms with Gasteiger partial charge in [-0.2, -0.15) is 0 Å². The van der Waals surface area contributed by atoms with Crippen LogP contribution >= 0.6 is 0 Å². The molecule has 0 aromatic rings. The van der Waals surface area contributed by atoms with E-state index < -0.39 is 0 Å². The number of hydroxylamine groups is 1. The largest absolute Gasteiger partial charge is 0.294 e. The number of hydrogen-bond acceptors (Lipinski definition) is 4. The fourth-order valence-electron chi connectivity index (χ4n) is 3.37. The molecule has 1 aliphatic heterocycles. The van der Waals surface area contributed by atoms with Gasteiger partial charge in [-0.25, -0.2) is 5.48 Å². The number of rotatable bonds is 6. The van der Waals surface area contributed by atoms with E-state index in [4.69, 9.17) is 5.21 Å². The molecule has 2 N–H and O–H groups in total. The van der Waals surface area contributed by atoms with Crippen LogP contribution in [0.5, 0.6) is 0 Å². The highest BCUT2D eigenvalue weighted by Crippen LogP contribution is 2.46. The zero-order valence-electron chi connectivity index (χ0n) is 12.9. The van der Waals surface area contributed by atoms with Gasteiger partial charge in [-0.05, 0) is 32.6 Å². The topological polar surface area (TPSA) is 78.8 Å². The van der Waals surface area contributed by atoms with Crippen LogP contribution in [-0.2, 0) is 9.59 Å². The lowest BCUT2D eigenvalue weighted by molar-refractivity contribution is -0.129. The molecule has 0 saturated carbocycles. The standard InChI is InChI=1S/C16H24N2O3/c1-11-16(2,10-5-3-4-9-14(20)18-21)15-12(17-11)7-6-8-13(15)19/h21H,3-10H2,1-2H3,(H,18,20). The molecule has 0 radical (unpaired) electrons. The first-order valence-corrected chi connectivity index (χ1v) is 7.74. The van der Waals surface area contributed by atoms with Crippen LogP contribution < -0.4 is 5.48 Å². The van der Waals surface area contributed by atoms with Crippen molar-refractivity contribution >= 4 is 17.4 Å². The Kier molecular flexibility index (Phi) is 4.93. The Balaban J connectivity index is 1.92. The summed E-state index contributed by atoms with van der Waals surface area (Å²) in [6, 6.07) is 0. The average molecular weight is 292 g/mol. The summed E-state index contributed by atoms with van der Waals surface area (Å²) in [4.78, 5) is 27.8. The number of amides is 1. The molecule has 0 fully saturated rings. The molecular weight excluding hydrogens is 268 g/mol. The molecule has 2 aliphatic rings. The van der Waals surface area contributed by atoms with Crippen LogP contribution in [0.4, 0.5) is 0 Å². The first-order valence-electron chi connectivity index (χ1n) is 7.74. The molecule has 0 spiro atoms. The normalized spacial score (nSPS) is 24.9. The minimum atomic E-state index is -0.340. The number of carbonyl (C=O) groups excluding carboxylic acids is 2. The third-order valence-corrected chi connectivity index (χ3v) is 4.74. The van der Waals surface area contributed by atoms with Gasteiger partial charge in [-0.3, -0.25) is 19.8 Å². The predicted molar refractivity (Wildman–Crippen MR) is 80.1 cm³/mol. The second-order valence-corrected chi connectivity index (χ2v) is 6.22. The second kappa shape index (κ2) is 6.52. The Morgan fingerprint density at radius 3 is 2.81 bits per heavy atom. The summed E-state index contributed by atoms with van der Waals surface area (Å²) in [7, 11) is 0. The van der Waals surface area contributed by atoms with E-state index in [0.29, 0.717) is 12.8 Å². The van der Waals surface area contributed by atoms with E-state index in [1.54, 1.807) is 5.48 Å². The lowest BCUT2D eigenvalue weighted by atomic mass is 9.71. The van der Waals surface area contributed by atoms with Gasteiger partial charge in [0.1, 0.15) is 0 Å². The summed E-state index contributed by atoms with van der Waals surface area (Å²) < 4.78 is 0. The Morgan fingerprint density at radius 2 is 2.10 bits per heavy atom. The zero-order chi connectivity index (χ0) is 15.5. The van der Waals surface area contributed by atoms with E-state index in [1.807, 2.05) is 6.92 Å². The van der Waals surface area contributed by atoms with Crippen molar-refractivity contribution in [2.24, 2.45) is 10.4 Å². The van der Waals surface area contributed by atoms with Crippen LogP contribution in [0.1, 0.15) is 65.2 Å². The predicted octanol–water partition coefficient (Wildman–Crippen LogP) is 2.93. The quantitative estimate of drug-likeness (QED) is 0.449. The van der Waals surface area contributed by atoms with Gasteiger partial charge in [0.25, 0.3) is 0 Å². The van der Waals surface area contributed by atoms with Crippen molar-refractivity contribution in [2.45, 2.75) is 65.2 Å². The van der Waals surface area contributed by atoms with Crippen molar-refractivity contribution in [1.82, 2.24) is 5.48 Å². The van der Waals surface area contributed by atoms with E-state index in [0.717, 1.165) is 55.5 Å². The van der Waals surface area contributed by atoms with Gasteiger partial charge in [0.15, 0.2) is 5.78 Å². The molecule has 1 atom stereocenters. The molecule has 5 nitrogen and oxygen atoms in total. The monoisotopic (exact) mass is 292 g/mol. The summed E-state index contributed by atoms with van der Waals surface area (Å²) in [5.74, 6) is -0.0775. The third kappa shape index (κ3) is 3.23. The molecule has 0 saturated heterocycles. The molecule has 1 heterocycles. The summed E-state index contributed by atoms with van der Waals surface area (Å²) in [5, 5.41) is 8.44. The van der Waals surface area contributed by atoms with Crippen molar-refractivity contribution in [3.05, 3.63) is 11.3 Å². The highest BCUT2D eigenvalue weighted by molar-refractivity contribution is 6.09. The number of unbranched alkanes of at least 4 members (excludes halogenated alkanes) is 2. The summed E-state index contributed by atoms with van der Waals surface area (Å²) >= 11 is 0. The first-order chi connectivity index (χ1) is 9.99. The second-order valence-electron chi connectivity index (χ2n) is 6.22. The van der Waals surface area contributed by atoms with Crippen LogP contribution in [-0.4, -0.2) is 22.6 Å². The van der Waals surface area contributed by atoms with Crippen LogP contribution in [0.3, 0.4) is 0 Å². The number of ketones is 1. The smallest absolute Gasteiger partial charge is 0.243 e. The van der Waals surface area contributed by atoms with Crippen molar-refractivity contribution < 1.29 is 14.8 Å². The van der Waals surface area contributed by atoms with Gasteiger partial charge >= 0.3 is 0 Å². The number of aliphatic imine (C=N–C) groups is 1. The number of Topliss-reactive ketones (excluding diaryl/α,β-unsaturated/α-hetero) is 1. The average Bonchev–Trinajstić information content (AvgIpc) is 2.71. The van der Waals surface area contributed by atoms with Crippen molar-refractivity contribution in [2.75, 3.05) is 0 Å². The van der Waals surface area contributed by atoms with Gasteiger partial charge < -0.3 is 0 Å². The molecule has 0 aromatic carbocycles. The molecule has 21 heavy (non-hydrogen) atoms. The highest BCUT2D eigenvalue weighted by Gasteiger charge is 2.42. The van der Waals surface area contributed by atoms with Gasteiger partial charge in [-0.1, -0.05) is 19.8 Å². The van der Waals surface area contributed by atoms with Gasteiger partial charge in [-0.15, -0.1) is 0 Å². The fraction of sp³-hybridized carbons (Fsp3) is 0.688. The summed E-state index contributed by atoms with van der Waals surface area (Å²) in [5.41, 5.74) is 4.43. The van der Waals surface area contributed by atoms with Crippen LogP contribution in [0.15, 0.2) is 16.3 Å². The zero-order valence-corrected chi connectivity index (χ0v) is 12.9. The van der Waals surface area contributed by atoms with Crippen LogP contribution in [0, 0.1) is 5.41 Å². The van der Waals surface area contributed by atoms with E-state index in [-0.39, 0.29) is 17.1 Å².